The van der Waals surface area contributed by atoms with Gasteiger partial charge in [0.1, 0.15) is 0 Å². The van der Waals surface area contributed by atoms with Gasteiger partial charge in [0.2, 0.25) is 0 Å². The Bertz CT molecular complexity index is 93.8. The first-order valence-electron chi connectivity index (χ1n) is 4.97. The van der Waals surface area contributed by atoms with Crippen LogP contribution in [0.4, 0.5) is 0 Å². The van der Waals surface area contributed by atoms with Crippen LogP contribution in [0, 0.1) is 5.92 Å². The lowest BCUT2D eigenvalue weighted by molar-refractivity contribution is 0.400. The van der Waals surface area contributed by atoms with E-state index in [-0.39, 0.29) is 0 Å². The van der Waals surface area contributed by atoms with E-state index < -0.39 is 0 Å². The maximum absolute atomic E-state index is 3.37. The lowest BCUT2D eigenvalue weighted by atomic mass is 10.0. The highest BCUT2D eigenvalue weighted by molar-refractivity contribution is 7.99. The van der Waals surface area contributed by atoms with Crippen LogP contribution in [0.3, 0.4) is 0 Å². The maximum Gasteiger partial charge on any atom is 0.00873 e. The van der Waals surface area contributed by atoms with Crippen molar-refractivity contribution in [3.8, 4) is 0 Å². The van der Waals surface area contributed by atoms with Crippen LogP contribution in [0.25, 0.3) is 0 Å². The zero-order valence-electron chi connectivity index (χ0n) is 8.89. The van der Waals surface area contributed by atoms with Crippen molar-refractivity contribution in [2.45, 2.75) is 39.7 Å². The van der Waals surface area contributed by atoms with Crippen molar-refractivity contribution >= 4 is 11.8 Å². The number of hydrogen-bond acceptors (Lipinski definition) is 2. The van der Waals surface area contributed by atoms with Crippen molar-refractivity contribution in [2.24, 2.45) is 5.92 Å². The zero-order valence-corrected chi connectivity index (χ0v) is 9.71. The summed E-state index contributed by atoms with van der Waals surface area (Å²) in [7, 11) is 2.07. The van der Waals surface area contributed by atoms with E-state index in [9.17, 15) is 0 Å². The smallest absolute Gasteiger partial charge is 0.00873 e. The van der Waals surface area contributed by atoms with E-state index in [4.69, 9.17) is 0 Å². The van der Waals surface area contributed by atoms with Gasteiger partial charge in [-0.05, 0) is 37.3 Å². The topological polar surface area (TPSA) is 12.0 Å². The van der Waals surface area contributed by atoms with Crippen molar-refractivity contribution in [1.82, 2.24) is 5.32 Å². The molecule has 0 saturated heterocycles. The fraction of sp³-hybridized carbons (Fsp3) is 1.00. The Kier molecular flexibility index (Phi) is 8.14. The highest BCUT2D eigenvalue weighted by atomic mass is 32.2. The van der Waals surface area contributed by atoms with E-state index in [1.54, 1.807) is 0 Å². The van der Waals surface area contributed by atoms with Gasteiger partial charge in [-0.3, -0.25) is 0 Å². The van der Waals surface area contributed by atoms with Crippen LogP contribution in [-0.2, 0) is 0 Å². The molecule has 0 rings (SSSR count). The van der Waals surface area contributed by atoms with Crippen molar-refractivity contribution in [1.29, 1.82) is 0 Å². The molecule has 12 heavy (non-hydrogen) atoms. The molecule has 0 aromatic rings. The summed E-state index contributed by atoms with van der Waals surface area (Å²) in [4.78, 5) is 0. The first-order chi connectivity index (χ1) is 5.72. The molecule has 0 aliphatic rings. The summed E-state index contributed by atoms with van der Waals surface area (Å²) in [5, 5.41) is 3.37. The van der Waals surface area contributed by atoms with Gasteiger partial charge in [-0.15, -0.1) is 0 Å². The van der Waals surface area contributed by atoms with E-state index in [2.05, 4.69) is 33.1 Å². The van der Waals surface area contributed by atoms with Crippen molar-refractivity contribution in [3.63, 3.8) is 0 Å². The molecule has 0 heterocycles. The molecule has 0 fully saturated rings. The van der Waals surface area contributed by atoms with E-state index >= 15 is 0 Å². The second-order valence-corrected chi connectivity index (χ2v) is 4.87. The Balaban J connectivity index is 3.32. The summed E-state index contributed by atoms with van der Waals surface area (Å²) >= 11 is 2.04. The predicted octanol–water partition coefficient (Wildman–Crippen LogP) is 2.76. The van der Waals surface area contributed by atoms with Gasteiger partial charge in [0, 0.05) is 6.04 Å². The van der Waals surface area contributed by atoms with Gasteiger partial charge < -0.3 is 5.32 Å². The van der Waals surface area contributed by atoms with Crippen LogP contribution in [0.2, 0.25) is 0 Å². The van der Waals surface area contributed by atoms with Crippen molar-refractivity contribution in [3.05, 3.63) is 0 Å². The first kappa shape index (κ1) is 12.3. The van der Waals surface area contributed by atoms with E-state index in [0.29, 0.717) is 6.04 Å². The molecule has 1 nitrogen and oxygen atoms in total. The van der Waals surface area contributed by atoms with Crippen LogP contribution in [-0.4, -0.2) is 24.6 Å². The Morgan fingerprint density at radius 2 is 2.00 bits per heavy atom. The van der Waals surface area contributed by atoms with Crippen LogP contribution < -0.4 is 5.32 Å². The molecule has 1 atom stereocenters. The number of rotatable bonds is 7. The summed E-state index contributed by atoms with van der Waals surface area (Å²) in [6.45, 7) is 6.80. The summed E-state index contributed by atoms with van der Waals surface area (Å²) in [5.41, 5.74) is 0. The van der Waals surface area contributed by atoms with Crippen LogP contribution in [0.15, 0.2) is 0 Å². The third-order valence-electron chi connectivity index (χ3n) is 2.18. The maximum atomic E-state index is 3.37. The largest absolute Gasteiger partial charge is 0.317 e. The van der Waals surface area contributed by atoms with Gasteiger partial charge in [-0.2, -0.15) is 11.8 Å². The van der Waals surface area contributed by atoms with Crippen LogP contribution >= 0.6 is 11.8 Å². The molecule has 0 aliphatic carbocycles. The zero-order chi connectivity index (χ0) is 9.40. The Morgan fingerprint density at radius 1 is 1.33 bits per heavy atom. The molecule has 0 aliphatic heterocycles. The molecule has 0 saturated carbocycles. The summed E-state index contributed by atoms with van der Waals surface area (Å²) in [5.74, 6) is 3.34. The summed E-state index contributed by atoms with van der Waals surface area (Å²) in [6, 6.07) is 0.711. The minimum Gasteiger partial charge on any atom is -0.317 e. The average Bonchev–Trinajstić information content (AvgIpc) is 2.04. The molecular weight excluding hydrogens is 166 g/mol. The van der Waals surface area contributed by atoms with E-state index in [0.717, 1.165) is 5.92 Å². The third-order valence-corrected chi connectivity index (χ3v) is 3.17. The van der Waals surface area contributed by atoms with Crippen LogP contribution in [0.5, 0.6) is 0 Å². The lowest BCUT2D eigenvalue weighted by Crippen LogP contribution is -2.30. The van der Waals surface area contributed by atoms with Gasteiger partial charge in [0.15, 0.2) is 0 Å². The fourth-order valence-corrected chi connectivity index (χ4v) is 2.02. The SMILES string of the molecule is CCSCCCC(NC)C(C)C. The highest BCUT2D eigenvalue weighted by Crippen LogP contribution is 2.11. The number of thioether (sulfide) groups is 1. The number of hydrogen-bond donors (Lipinski definition) is 1. The minimum absolute atomic E-state index is 0.711. The fourth-order valence-electron chi connectivity index (χ4n) is 1.36. The Labute approximate surface area is 81.7 Å². The minimum atomic E-state index is 0.711. The quantitative estimate of drug-likeness (QED) is 0.618. The Hall–Kier alpha value is 0.310. The summed E-state index contributed by atoms with van der Waals surface area (Å²) < 4.78 is 0. The van der Waals surface area contributed by atoms with Gasteiger partial charge in [-0.25, -0.2) is 0 Å². The second-order valence-electron chi connectivity index (χ2n) is 3.48. The summed E-state index contributed by atoms with van der Waals surface area (Å²) in [6.07, 6.45) is 2.67. The van der Waals surface area contributed by atoms with Crippen LogP contribution in [0.1, 0.15) is 33.6 Å². The normalized spacial score (nSPS) is 13.8. The lowest BCUT2D eigenvalue weighted by Gasteiger charge is -2.19. The van der Waals surface area contributed by atoms with Gasteiger partial charge in [0.05, 0.1) is 0 Å². The van der Waals surface area contributed by atoms with E-state index in [1.165, 1.54) is 24.3 Å². The van der Waals surface area contributed by atoms with Gasteiger partial charge in [-0.1, -0.05) is 20.8 Å². The van der Waals surface area contributed by atoms with Gasteiger partial charge in [0.25, 0.3) is 0 Å². The average molecular weight is 189 g/mol. The molecule has 0 spiro atoms. The molecule has 0 aromatic carbocycles. The molecule has 0 aromatic heterocycles. The molecule has 2 heteroatoms. The molecule has 0 radical (unpaired) electrons. The Morgan fingerprint density at radius 3 is 2.42 bits per heavy atom. The third kappa shape index (κ3) is 5.90. The highest BCUT2D eigenvalue weighted by Gasteiger charge is 2.09. The molecule has 0 bridgehead atoms. The van der Waals surface area contributed by atoms with Crippen molar-refractivity contribution in [2.75, 3.05) is 18.6 Å². The second kappa shape index (κ2) is 7.93. The number of nitrogens with one attached hydrogen (secondary N) is 1. The predicted molar refractivity (Wildman–Crippen MR) is 59.9 cm³/mol. The molecule has 1 unspecified atom stereocenters. The first-order valence-corrected chi connectivity index (χ1v) is 6.12. The molecule has 0 amide bonds. The molecule has 1 N–H and O–H groups in total. The van der Waals surface area contributed by atoms with E-state index in [1.807, 2.05) is 11.8 Å². The molecular formula is C10H23NS. The molecule has 74 valence electrons. The van der Waals surface area contributed by atoms with Gasteiger partial charge >= 0.3 is 0 Å². The standard InChI is InChI=1S/C10H23NS/c1-5-12-8-6-7-10(11-4)9(2)3/h9-11H,5-8H2,1-4H3. The monoisotopic (exact) mass is 189 g/mol. The van der Waals surface area contributed by atoms with Crippen molar-refractivity contribution < 1.29 is 0 Å².